The number of amides is 2. The average Bonchev–Trinajstić information content (AvgIpc) is 3.46. The Hall–Kier alpha value is -4.53. The third kappa shape index (κ3) is 4.19. The van der Waals surface area contributed by atoms with Gasteiger partial charge in [0.05, 0.1) is 35.3 Å². The molecule has 4 aromatic heterocycles. The summed E-state index contributed by atoms with van der Waals surface area (Å²) >= 11 is 0. The van der Waals surface area contributed by atoms with Crippen LogP contribution >= 0.6 is 0 Å². The Kier molecular flexibility index (Phi) is 5.97. The van der Waals surface area contributed by atoms with Crippen LogP contribution in [-0.4, -0.2) is 43.0 Å². The van der Waals surface area contributed by atoms with Crippen molar-refractivity contribution >= 4 is 34.1 Å². The molecule has 2 N–H and O–H groups in total. The van der Waals surface area contributed by atoms with E-state index in [1.54, 1.807) is 29.8 Å². The fraction of sp³-hybridized carbons (Fsp3) is 0.222. The van der Waals surface area contributed by atoms with E-state index in [9.17, 15) is 9.59 Å². The standard InChI is InChI=1S/C27H27N7O2/c1-16(2)25-24-20(9-6-10-21(24)34(32-25)15-19-8-5-7-17(3)30-19)31-27(36)22-14-29-23-13-18(26(35)28-4)11-12-33(22)23/h5-14,16H,15H2,1-4H3,(H,28,35)(H,31,36). The van der Waals surface area contributed by atoms with Crippen LogP contribution < -0.4 is 10.6 Å². The maximum Gasteiger partial charge on any atom is 0.274 e. The minimum Gasteiger partial charge on any atom is -0.355 e. The number of hydrogen-bond acceptors (Lipinski definition) is 5. The van der Waals surface area contributed by atoms with E-state index in [4.69, 9.17) is 5.10 Å². The molecule has 0 atom stereocenters. The third-order valence-corrected chi connectivity index (χ3v) is 6.09. The number of fused-ring (bicyclic) bond motifs is 2. The number of imidazole rings is 1. The summed E-state index contributed by atoms with van der Waals surface area (Å²) in [5.41, 5.74) is 5.75. The lowest BCUT2D eigenvalue weighted by Crippen LogP contribution is -2.18. The van der Waals surface area contributed by atoms with Gasteiger partial charge in [-0.3, -0.25) is 23.7 Å². The minimum atomic E-state index is -0.300. The molecule has 9 heteroatoms. The maximum absolute atomic E-state index is 13.3. The highest BCUT2D eigenvalue weighted by Crippen LogP contribution is 2.32. The fourth-order valence-corrected chi connectivity index (χ4v) is 4.35. The van der Waals surface area contributed by atoms with E-state index in [0.29, 0.717) is 29.1 Å². The fourth-order valence-electron chi connectivity index (χ4n) is 4.35. The number of aryl methyl sites for hydroxylation is 1. The summed E-state index contributed by atoms with van der Waals surface area (Å²) in [6.45, 7) is 6.68. The van der Waals surface area contributed by atoms with Crippen LogP contribution in [0.3, 0.4) is 0 Å². The van der Waals surface area contributed by atoms with Gasteiger partial charge in [0.2, 0.25) is 0 Å². The Balaban J connectivity index is 1.51. The Morgan fingerprint density at radius 3 is 2.61 bits per heavy atom. The van der Waals surface area contributed by atoms with E-state index < -0.39 is 0 Å². The molecule has 0 aliphatic carbocycles. The summed E-state index contributed by atoms with van der Waals surface area (Å²) in [5.74, 6) is -0.362. The Bertz CT molecular complexity index is 1610. The second kappa shape index (κ2) is 9.26. The number of carbonyl (C=O) groups excluding carboxylic acids is 2. The van der Waals surface area contributed by atoms with Crippen molar-refractivity contribution in [2.45, 2.75) is 33.2 Å². The Morgan fingerprint density at radius 2 is 1.86 bits per heavy atom. The van der Waals surface area contributed by atoms with Gasteiger partial charge in [0.1, 0.15) is 11.3 Å². The van der Waals surface area contributed by atoms with Crippen LogP contribution in [0.4, 0.5) is 5.69 Å². The SMILES string of the molecule is CNC(=O)c1ccn2c(C(=O)Nc3cccc4c3c(C(C)C)nn4Cc3cccc(C)n3)cnc2c1. The molecule has 1 aromatic carbocycles. The summed E-state index contributed by atoms with van der Waals surface area (Å²) in [5, 5.41) is 11.5. The lowest BCUT2D eigenvalue weighted by molar-refractivity contribution is 0.0962. The van der Waals surface area contributed by atoms with E-state index in [1.807, 2.05) is 48.0 Å². The molecule has 182 valence electrons. The van der Waals surface area contributed by atoms with Crippen molar-refractivity contribution in [2.75, 3.05) is 12.4 Å². The summed E-state index contributed by atoms with van der Waals surface area (Å²) in [6, 6.07) is 15.1. The summed E-state index contributed by atoms with van der Waals surface area (Å²) in [7, 11) is 1.57. The highest BCUT2D eigenvalue weighted by molar-refractivity contribution is 6.09. The first-order valence-corrected chi connectivity index (χ1v) is 11.8. The summed E-state index contributed by atoms with van der Waals surface area (Å²) in [6.07, 6.45) is 3.18. The van der Waals surface area contributed by atoms with Gasteiger partial charge in [0, 0.05) is 29.9 Å². The van der Waals surface area contributed by atoms with Gasteiger partial charge in [0.15, 0.2) is 0 Å². The number of nitrogens with zero attached hydrogens (tertiary/aromatic N) is 5. The number of hydrogen-bond donors (Lipinski definition) is 2. The van der Waals surface area contributed by atoms with Crippen molar-refractivity contribution in [3.63, 3.8) is 0 Å². The van der Waals surface area contributed by atoms with E-state index in [0.717, 1.165) is 28.0 Å². The monoisotopic (exact) mass is 481 g/mol. The molecule has 5 aromatic rings. The highest BCUT2D eigenvalue weighted by atomic mass is 16.2. The van der Waals surface area contributed by atoms with Gasteiger partial charge in [-0.05, 0) is 49.2 Å². The highest BCUT2D eigenvalue weighted by Gasteiger charge is 2.20. The number of aromatic nitrogens is 5. The largest absolute Gasteiger partial charge is 0.355 e. The molecule has 0 radical (unpaired) electrons. The molecule has 0 aliphatic heterocycles. The molecule has 4 heterocycles. The maximum atomic E-state index is 13.3. The first-order valence-electron chi connectivity index (χ1n) is 11.8. The third-order valence-electron chi connectivity index (χ3n) is 6.09. The van der Waals surface area contributed by atoms with E-state index in [-0.39, 0.29) is 17.7 Å². The van der Waals surface area contributed by atoms with Crippen molar-refractivity contribution in [1.29, 1.82) is 0 Å². The van der Waals surface area contributed by atoms with Crippen LogP contribution in [0, 0.1) is 6.92 Å². The molecule has 5 rings (SSSR count). The van der Waals surface area contributed by atoms with Crippen LogP contribution in [0.25, 0.3) is 16.6 Å². The molecule has 2 amide bonds. The lowest BCUT2D eigenvalue weighted by Gasteiger charge is -2.09. The predicted octanol–water partition coefficient (Wildman–Crippen LogP) is 4.17. The number of rotatable bonds is 6. The number of benzene rings is 1. The quantitative estimate of drug-likeness (QED) is 0.379. The van der Waals surface area contributed by atoms with Crippen molar-refractivity contribution in [2.24, 2.45) is 0 Å². The molecule has 0 bridgehead atoms. The van der Waals surface area contributed by atoms with Gasteiger partial charge in [-0.2, -0.15) is 5.10 Å². The van der Waals surface area contributed by atoms with E-state index in [2.05, 4.69) is 34.4 Å². The molecule has 0 saturated carbocycles. The second-order valence-corrected chi connectivity index (χ2v) is 8.99. The van der Waals surface area contributed by atoms with Gasteiger partial charge in [0.25, 0.3) is 11.8 Å². The normalized spacial score (nSPS) is 11.4. The van der Waals surface area contributed by atoms with Crippen LogP contribution in [0.15, 0.2) is 60.9 Å². The average molecular weight is 482 g/mol. The molecule has 36 heavy (non-hydrogen) atoms. The zero-order valence-corrected chi connectivity index (χ0v) is 20.6. The molecule has 0 unspecified atom stereocenters. The van der Waals surface area contributed by atoms with Crippen LogP contribution in [0.1, 0.15) is 57.7 Å². The second-order valence-electron chi connectivity index (χ2n) is 8.99. The molecule has 0 fully saturated rings. The smallest absolute Gasteiger partial charge is 0.274 e. The number of pyridine rings is 2. The molecule has 0 spiro atoms. The van der Waals surface area contributed by atoms with E-state index in [1.165, 1.54) is 6.20 Å². The molecule has 0 aliphatic rings. The zero-order chi connectivity index (χ0) is 25.4. The lowest BCUT2D eigenvalue weighted by atomic mass is 10.0. The summed E-state index contributed by atoms with van der Waals surface area (Å²) < 4.78 is 3.61. The molecular formula is C27H27N7O2. The van der Waals surface area contributed by atoms with Gasteiger partial charge < -0.3 is 10.6 Å². The topological polar surface area (TPSA) is 106 Å². The van der Waals surface area contributed by atoms with Crippen molar-refractivity contribution in [3.05, 3.63) is 89.3 Å². The van der Waals surface area contributed by atoms with Crippen LogP contribution in [0.5, 0.6) is 0 Å². The molecular weight excluding hydrogens is 454 g/mol. The number of nitrogens with one attached hydrogen (secondary N) is 2. The van der Waals surface area contributed by atoms with Crippen molar-refractivity contribution in [3.8, 4) is 0 Å². The molecule has 0 saturated heterocycles. The zero-order valence-electron chi connectivity index (χ0n) is 20.6. The number of carbonyl (C=O) groups is 2. The van der Waals surface area contributed by atoms with E-state index >= 15 is 0 Å². The minimum absolute atomic E-state index is 0.149. The first-order chi connectivity index (χ1) is 17.4. The first kappa shape index (κ1) is 23.2. The van der Waals surface area contributed by atoms with Gasteiger partial charge in [-0.25, -0.2) is 4.98 Å². The number of anilines is 1. The van der Waals surface area contributed by atoms with Gasteiger partial charge >= 0.3 is 0 Å². The Morgan fingerprint density at radius 1 is 1.06 bits per heavy atom. The summed E-state index contributed by atoms with van der Waals surface area (Å²) in [4.78, 5) is 34.2. The van der Waals surface area contributed by atoms with Crippen LogP contribution in [0.2, 0.25) is 0 Å². The van der Waals surface area contributed by atoms with Gasteiger partial charge in [-0.1, -0.05) is 26.0 Å². The van der Waals surface area contributed by atoms with Crippen LogP contribution in [-0.2, 0) is 6.54 Å². The van der Waals surface area contributed by atoms with Gasteiger partial charge in [-0.15, -0.1) is 0 Å². The molecule has 9 nitrogen and oxygen atoms in total. The van der Waals surface area contributed by atoms with Crippen molar-refractivity contribution in [1.82, 2.24) is 29.5 Å². The predicted molar refractivity (Wildman–Crippen MR) is 138 cm³/mol. The van der Waals surface area contributed by atoms with Crippen molar-refractivity contribution < 1.29 is 9.59 Å². The Labute approximate surface area is 208 Å².